The summed E-state index contributed by atoms with van der Waals surface area (Å²) in [6, 6.07) is 3.78. The Kier molecular flexibility index (Phi) is 8.59. The van der Waals surface area contributed by atoms with Crippen molar-refractivity contribution in [3.63, 3.8) is 0 Å². The summed E-state index contributed by atoms with van der Waals surface area (Å²) in [5.41, 5.74) is 1.01. The van der Waals surface area contributed by atoms with E-state index in [1.165, 1.54) is 12.1 Å². The zero-order valence-corrected chi connectivity index (χ0v) is 24.6. The Morgan fingerprint density at radius 2 is 1.90 bits per heavy atom. The number of rotatable bonds is 7. The van der Waals surface area contributed by atoms with Crippen LogP contribution in [0.5, 0.6) is 0 Å². The van der Waals surface area contributed by atoms with Gasteiger partial charge in [-0.25, -0.2) is 9.18 Å². The number of carbonyl (C=O) groups is 3. The Hall–Kier alpha value is -3.14. The molecule has 1 saturated carbocycles. The molecular formula is C31H43FN4O5. The second kappa shape index (κ2) is 12.0. The lowest BCUT2D eigenvalue weighted by Crippen LogP contribution is -2.55. The maximum atomic E-state index is 14.4. The Morgan fingerprint density at radius 3 is 2.61 bits per heavy atom. The summed E-state index contributed by atoms with van der Waals surface area (Å²) in [5, 5.41) is 3.86. The summed E-state index contributed by atoms with van der Waals surface area (Å²) in [7, 11) is 0. The number of hydrogen-bond donors (Lipinski definition) is 2. The third-order valence-electron chi connectivity index (χ3n) is 8.79. The largest absolute Gasteiger partial charge is 0.465 e. The van der Waals surface area contributed by atoms with Gasteiger partial charge in [0.2, 0.25) is 5.91 Å². The molecule has 4 unspecified atom stereocenters. The maximum absolute atomic E-state index is 14.4. The van der Waals surface area contributed by atoms with Crippen LogP contribution in [0.25, 0.3) is 10.9 Å². The van der Waals surface area contributed by atoms with Gasteiger partial charge in [0.25, 0.3) is 0 Å². The molecule has 1 aromatic carbocycles. The van der Waals surface area contributed by atoms with E-state index in [4.69, 9.17) is 9.47 Å². The fourth-order valence-electron chi connectivity index (χ4n) is 7.16. The molecule has 9 nitrogen and oxygen atoms in total. The molecule has 41 heavy (non-hydrogen) atoms. The number of alkyl carbamates (subject to hydrolysis) is 1. The number of fused-ring (bicyclic) bond motifs is 2. The van der Waals surface area contributed by atoms with E-state index in [0.717, 1.165) is 43.1 Å². The number of nitrogens with zero attached hydrogens (tertiary/aromatic N) is 2. The number of aromatic nitrogens is 1. The van der Waals surface area contributed by atoms with Gasteiger partial charge in [-0.3, -0.25) is 14.5 Å². The molecule has 2 N–H and O–H groups in total. The number of esters is 1. The normalized spacial score (nSPS) is 24.3. The molecule has 0 radical (unpaired) electrons. The number of nitrogens with one attached hydrogen (secondary N) is 2. The molecule has 224 valence electrons. The highest BCUT2D eigenvalue weighted by atomic mass is 19.1. The van der Waals surface area contributed by atoms with Gasteiger partial charge in [-0.1, -0.05) is 19.3 Å². The first kappa shape index (κ1) is 29.4. The molecule has 3 aliphatic rings. The summed E-state index contributed by atoms with van der Waals surface area (Å²) in [5.74, 6) is -0.767. The molecule has 2 aliphatic heterocycles. The van der Waals surface area contributed by atoms with Crippen molar-refractivity contribution in [2.24, 2.45) is 5.92 Å². The van der Waals surface area contributed by atoms with E-state index < -0.39 is 17.7 Å². The van der Waals surface area contributed by atoms with Crippen molar-refractivity contribution < 1.29 is 28.2 Å². The van der Waals surface area contributed by atoms with Crippen molar-refractivity contribution >= 4 is 28.9 Å². The van der Waals surface area contributed by atoms with Crippen LogP contribution in [0.4, 0.5) is 9.18 Å². The van der Waals surface area contributed by atoms with Crippen LogP contribution in [0.15, 0.2) is 24.4 Å². The van der Waals surface area contributed by atoms with E-state index in [9.17, 15) is 18.8 Å². The second-order valence-electron chi connectivity index (χ2n) is 12.7. The number of H-pyrrole nitrogens is 1. The number of aromatic amines is 1. The van der Waals surface area contributed by atoms with Crippen LogP contribution in [0.1, 0.15) is 77.7 Å². The number of halogens is 1. The van der Waals surface area contributed by atoms with Gasteiger partial charge in [0.1, 0.15) is 17.5 Å². The molecule has 1 aliphatic carbocycles. The average Bonchev–Trinajstić information content (AvgIpc) is 3.61. The number of hydrogen-bond acceptors (Lipinski definition) is 6. The van der Waals surface area contributed by atoms with Gasteiger partial charge < -0.3 is 24.7 Å². The molecule has 1 aromatic heterocycles. The fourth-order valence-corrected chi connectivity index (χ4v) is 7.16. The van der Waals surface area contributed by atoms with Gasteiger partial charge in [0.05, 0.1) is 19.2 Å². The lowest BCUT2D eigenvalue weighted by Gasteiger charge is -2.36. The topological polar surface area (TPSA) is 104 Å². The number of ether oxygens (including phenoxy) is 2. The van der Waals surface area contributed by atoms with Crippen LogP contribution in [-0.4, -0.2) is 82.7 Å². The lowest BCUT2D eigenvalue weighted by molar-refractivity contribution is -0.144. The van der Waals surface area contributed by atoms with E-state index in [1.54, 1.807) is 13.0 Å². The Morgan fingerprint density at radius 1 is 1.15 bits per heavy atom. The number of likely N-dealkylation sites (tertiary alicyclic amines) is 2. The summed E-state index contributed by atoms with van der Waals surface area (Å²) in [6.07, 6.45) is 6.97. The Bertz CT molecular complexity index is 1270. The summed E-state index contributed by atoms with van der Waals surface area (Å²) in [4.78, 5) is 47.1. The molecule has 0 bridgehead atoms. The van der Waals surface area contributed by atoms with Crippen molar-refractivity contribution in [2.75, 3.05) is 26.2 Å². The predicted octanol–water partition coefficient (Wildman–Crippen LogP) is 4.71. The number of benzene rings is 1. The van der Waals surface area contributed by atoms with Crippen LogP contribution in [0.3, 0.4) is 0 Å². The van der Waals surface area contributed by atoms with Gasteiger partial charge in [0, 0.05) is 42.1 Å². The number of carbonyl (C=O) groups excluding carboxylic acids is 3. The van der Waals surface area contributed by atoms with Gasteiger partial charge in [-0.15, -0.1) is 0 Å². The van der Waals surface area contributed by atoms with Crippen LogP contribution in [0, 0.1) is 11.7 Å². The Balaban J connectivity index is 1.46. The molecule has 3 heterocycles. The van der Waals surface area contributed by atoms with Crippen molar-refractivity contribution in [2.45, 2.75) is 95.9 Å². The van der Waals surface area contributed by atoms with Gasteiger partial charge in [-0.2, -0.15) is 0 Å². The quantitative estimate of drug-likeness (QED) is 0.468. The molecule has 2 saturated heterocycles. The first-order valence-electron chi connectivity index (χ1n) is 15.0. The minimum Gasteiger partial charge on any atom is -0.465 e. The van der Waals surface area contributed by atoms with Crippen LogP contribution in [-0.2, 0) is 19.1 Å². The van der Waals surface area contributed by atoms with Gasteiger partial charge in [-0.05, 0) is 76.6 Å². The fraction of sp³-hybridized carbons (Fsp3) is 0.645. The first-order chi connectivity index (χ1) is 19.6. The third-order valence-corrected chi connectivity index (χ3v) is 8.79. The van der Waals surface area contributed by atoms with Crippen molar-refractivity contribution in [1.29, 1.82) is 0 Å². The maximum Gasteiger partial charge on any atom is 0.408 e. The van der Waals surface area contributed by atoms with E-state index in [-0.39, 0.29) is 48.2 Å². The minimum absolute atomic E-state index is 0.0349. The highest BCUT2D eigenvalue weighted by molar-refractivity contribution is 5.88. The van der Waals surface area contributed by atoms with Gasteiger partial charge >= 0.3 is 12.1 Å². The molecule has 3 fully saturated rings. The molecular weight excluding hydrogens is 527 g/mol. The summed E-state index contributed by atoms with van der Waals surface area (Å²) >= 11 is 0. The smallest absolute Gasteiger partial charge is 0.408 e. The SMILES string of the molecule is CCOC(=O)CN1CC(c2c[nH]c3cc(F)ccc23)C2C1CCN2C(=O)C(NC(=O)OC(C)(C)C)C1CCCCC1. The van der Waals surface area contributed by atoms with Crippen molar-refractivity contribution in [1.82, 2.24) is 20.1 Å². The molecule has 2 amide bonds. The molecule has 2 aromatic rings. The Labute approximate surface area is 241 Å². The monoisotopic (exact) mass is 570 g/mol. The van der Waals surface area contributed by atoms with E-state index in [0.29, 0.717) is 31.6 Å². The van der Waals surface area contributed by atoms with Crippen LogP contribution >= 0.6 is 0 Å². The predicted molar refractivity (Wildman–Crippen MR) is 153 cm³/mol. The third kappa shape index (κ3) is 6.37. The first-order valence-corrected chi connectivity index (χ1v) is 15.0. The van der Waals surface area contributed by atoms with E-state index in [1.807, 2.05) is 31.9 Å². The molecule has 4 atom stereocenters. The van der Waals surface area contributed by atoms with Crippen LogP contribution < -0.4 is 5.32 Å². The minimum atomic E-state index is -0.680. The zero-order valence-electron chi connectivity index (χ0n) is 24.6. The van der Waals surface area contributed by atoms with E-state index >= 15 is 0 Å². The standard InChI is InChI=1S/C31H43FN4O5/c1-5-40-26(37)18-35-17-23(22-16-33-24-15-20(32)11-12-21(22)24)28-25(35)13-14-36(28)29(38)27(19-9-7-6-8-10-19)34-30(39)41-31(2,3)4/h11-12,15-16,19,23,25,27-28,33H,5-10,13-14,17-18H2,1-4H3,(H,34,39). The lowest BCUT2D eigenvalue weighted by atomic mass is 9.83. The highest BCUT2D eigenvalue weighted by Crippen LogP contribution is 2.44. The zero-order chi connectivity index (χ0) is 29.3. The summed E-state index contributed by atoms with van der Waals surface area (Å²) in [6.45, 7) is 8.76. The average molecular weight is 571 g/mol. The molecule has 10 heteroatoms. The van der Waals surface area contributed by atoms with Gasteiger partial charge in [0.15, 0.2) is 0 Å². The number of amides is 2. The molecule has 0 spiro atoms. The highest BCUT2D eigenvalue weighted by Gasteiger charge is 2.53. The van der Waals surface area contributed by atoms with Crippen molar-refractivity contribution in [3.8, 4) is 0 Å². The van der Waals surface area contributed by atoms with E-state index in [2.05, 4.69) is 15.2 Å². The summed E-state index contributed by atoms with van der Waals surface area (Å²) < 4.78 is 24.8. The second-order valence-corrected chi connectivity index (χ2v) is 12.7. The van der Waals surface area contributed by atoms with Crippen LogP contribution in [0.2, 0.25) is 0 Å². The van der Waals surface area contributed by atoms with Crippen molar-refractivity contribution in [3.05, 3.63) is 35.8 Å². The molecule has 5 rings (SSSR count).